The predicted molar refractivity (Wildman–Crippen MR) is 136 cm³/mol. The summed E-state index contributed by atoms with van der Waals surface area (Å²) in [6, 6.07) is 6.16. The zero-order valence-corrected chi connectivity index (χ0v) is 21.7. The molecule has 0 bridgehead atoms. The molecule has 0 aliphatic heterocycles. The molecule has 0 amide bonds. The molecule has 0 fully saturated rings. The Hall–Kier alpha value is -1.07. The van der Waals surface area contributed by atoms with Gasteiger partial charge in [-0.05, 0) is 49.8 Å². The van der Waals surface area contributed by atoms with E-state index in [4.69, 9.17) is 4.74 Å². The first-order valence-corrected chi connectivity index (χ1v) is 14.6. The molecule has 1 atom stereocenters. The monoisotopic (exact) mass is 468 g/mol. The summed E-state index contributed by atoms with van der Waals surface area (Å²) >= 11 is 0. The smallest absolute Gasteiger partial charge is 0.270 e. The van der Waals surface area contributed by atoms with Crippen molar-refractivity contribution in [1.29, 1.82) is 0 Å². The molecule has 5 heteroatoms. The number of rotatable bonds is 20. The van der Waals surface area contributed by atoms with E-state index in [9.17, 15) is 13.0 Å². The van der Waals surface area contributed by atoms with Crippen molar-refractivity contribution in [1.82, 2.24) is 0 Å². The molecule has 1 rings (SSSR count). The number of hydrogen-bond donors (Lipinski definition) is 1. The van der Waals surface area contributed by atoms with Gasteiger partial charge in [-0.15, -0.1) is 0 Å². The summed E-state index contributed by atoms with van der Waals surface area (Å²) in [6.07, 6.45) is 19.9. The molecule has 0 heterocycles. The summed E-state index contributed by atoms with van der Waals surface area (Å²) in [6.45, 7) is 5.95. The van der Waals surface area contributed by atoms with Crippen molar-refractivity contribution < 1.29 is 17.7 Å². The second-order valence-electron chi connectivity index (χ2n) is 9.27. The summed E-state index contributed by atoms with van der Waals surface area (Å²) in [5.41, 5.74) is 2.57. The lowest BCUT2D eigenvalue weighted by Crippen LogP contribution is -2.24. The van der Waals surface area contributed by atoms with E-state index in [0.717, 1.165) is 25.0 Å². The number of benzene rings is 1. The highest BCUT2D eigenvalue weighted by Crippen LogP contribution is 2.27. The zero-order chi connectivity index (χ0) is 23.7. The van der Waals surface area contributed by atoms with Gasteiger partial charge >= 0.3 is 0 Å². The minimum Gasteiger partial charge on any atom is -0.492 e. The topological polar surface area (TPSA) is 63.6 Å². The van der Waals surface area contributed by atoms with Gasteiger partial charge in [0.05, 0.1) is 0 Å². The van der Waals surface area contributed by atoms with Crippen molar-refractivity contribution in [3.8, 4) is 5.75 Å². The van der Waals surface area contributed by atoms with Crippen molar-refractivity contribution in [2.75, 3.05) is 6.61 Å². The van der Waals surface area contributed by atoms with Crippen molar-refractivity contribution >= 4 is 10.1 Å². The molecule has 186 valence electrons. The van der Waals surface area contributed by atoms with Crippen LogP contribution in [0.25, 0.3) is 0 Å². The average Bonchev–Trinajstić information content (AvgIpc) is 2.76. The maximum atomic E-state index is 11.4. The summed E-state index contributed by atoms with van der Waals surface area (Å²) in [7, 11) is -4.08. The molecular weight excluding hydrogens is 420 g/mol. The van der Waals surface area contributed by atoms with Gasteiger partial charge in [-0.2, -0.15) is 8.42 Å². The van der Waals surface area contributed by atoms with Gasteiger partial charge in [-0.3, -0.25) is 4.55 Å². The highest BCUT2D eigenvalue weighted by molar-refractivity contribution is 7.86. The molecule has 0 saturated carbocycles. The quantitative estimate of drug-likeness (QED) is 0.156. The van der Waals surface area contributed by atoms with Crippen molar-refractivity contribution in [3.63, 3.8) is 0 Å². The van der Waals surface area contributed by atoms with Crippen LogP contribution in [0.4, 0.5) is 0 Å². The highest BCUT2D eigenvalue weighted by Gasteiger charge is 2.19. The maximum absolute atomic E-state index is 11.4. The lowest BCUT2D eigenvalue weighted by atomic mass is 9.95. The molecule has 0 aliphatic carbocycles. The number of aryl methyl sites for hydroxylation is 1. The standard InChI is InChI=1S/C27H48O4S/c1-4-6-8-10-12-14-16-19-25-20-18-22-27(31-23-24(3)32(28,29)30)26(25)21-17-15-13-11-9-7-5-2/h18,20,22,24H,4-17,19,21,23H2,1-3H3,(H,28,29,30). The third-order valence-electron chi connectivity index (χ3n) is 6.29. The molecule has 0 aliphatic rings. The highest BCUT2D eigenvalue weighted by atomic mass is 32.2. The van der Waals surface area contributed by atoms with Crippen LogP contribution in [0.1, 0.15) is 122 Å². The molecule has 1 unspecified atom stereocenters. The van der Waals surface area contributed by atoms with E-state index in [1.165, 1.54) is 102 Å². The van der Waals surface area contributed by atoms with Crippen LogP contribution in [0.5, 0.6) is 5.75 Å². The Kier molecular flexibility index (Phi) is 15.8. The fourth-order valence-corrected chi connectivity index (χ4v) is 4.33. The minimum atomic E-state index is -4.08. The first-order chi connectivity index (χ1) is 15.4. The average molecular weight is 469 g/mol. The van der Waals surface area contributed by atoms with Crippen molar-refractivity contribution in [3.05, 3.63) is 29.3 Å². The van der Waals surface area contributed by atoms with Gasteiger partial charge in [-0.25, -0.2) is 0 Å². The van der Waals surface area contributed by atoms with Gasteiger partial charge in [-0.1, -0.05) is 103 Å². The molecule has 1 N–H and O–H groups in total. The largest absolute Gasteiger partial charge is 0.492 e. The lowest BCUT2D eigenvalue weighted by Gasteiger charge is -2.17. The normalized spacial score (nSPS) is 12.8. The fourth-order valence-electron chi connectivity index (χ4n) is 4.09. The molecule has 4 nitrogen and oxygen atoms in total. The van der Waals surface area contributed by atoms with E-state index in [2.05, 4.69) is 19.9 Å². The van der Waals surface area contributed by atoms with Gasteiger partial charge in [0.1, 0.15) is 17.6 Å². The Morgan fingerprint density at radius 2 is 1.28 bits per heavy atom. The molecule has 0 radical (unpaired) electrons. The van der Waals surface area contributed by atoms with E-state index < -0.39 is 15.4 Å². The van der Waals surface area contributed by atoms with Crippen molar-refractivity contribution in [2.45, 2.75) is 129 Å². The minimum absolute atomic E-state index is 0.0241. The number of ether oxygens (including phenoxy) is 1. The molecule has 0 aromatic heterocycles. The van der Waals surface area contributed by atoms with Crippen LogP contribution in [-0.4, -0.2) is 24.8 Å². The Labute approximate surface area is 198 Å². The van der Waals surface area contributed by atoms with Crippen LogP contribution in [-0.2, 0) is 23.0 Å². The van der Waals surface area contributed by atoms with Gasteiger partial charge in [0.25, 0.3) is 10.1 Å². The van der Waals surface area contributed by atoms with Crippen LogP contribution < -0.4 is 4.74 Å². The van der Waals surface area contributed by atoms with E-state index >= 15 is 0 Å². The number of unbranched alkanes of at least 4 members (excludes halogenated alkanes) is 12. The van der Waals surface area contributed by atoms with E-state index in [1.54, 1.807) is 0 Å². The molecule has 1 aromatic rings. The Morgan fingerprint density at radius 3 is 1.81 bits per heavy atom. The Morgan fingerprint density at radius 1 is 0.781 bits per heavy atom. The van der Waals surface area contributed by atoms with Crippen LogP contribution in [0.15, 0.2) is 18.2 Å². The molecule has 1 aromatic carbocycles. The van der Waals surface area contributed by atoms with E-state index in [-0.39, 0.29) is 6.61 Å². The zero-order valence-electron chi connectivity index (χ0n) is 20.9. The van der Waals surface area contributed by atoms with Crippen molar-refractivity contribution in [2.24, 2.45) is 0 Å². The molecule has 0 spiro atoms. The van der Waals surface area contributed by atoms with Crippen LogP contribution in [0, 0.1) is 0 Å². The second-order valence-corrected chi connectivity index (χ2v) is 11.1. The molecule has 0 saturated heterocycles. The van der Waals surface area contributed by atoms with E-state index in [0.29, 0.717) is 0 Å². The lowest BCUT2D eigenvalue weighted by molar-refractivity contribution is 0.307. The summed E-state index contributed by atoms with van der Waals surface area (Å²) in [5.74, 6) is 0.784. The van der Waals surface area contributed by atoms with Gasteiger partial charge in [0.15, 0.2) is 0 Å². The first-order valence-electron chi connectivity index (χ1n) is 13.1. The maximum Gasteiger partial charge on any atom is 0.270 e. The third kappa shape index (κ3) is 12.8. The van der Waals surface area contributed by atoms with Crippen LogP contribution in [0.3, 0.4) is 0 Å². The summed E-state index contributed by atoms with van der Waals surface area (Å²) in [5, 5.41) is -0.930. The molecule has 32 heavy (non-hydrogen) atoms. The predicted octanol–water partition coefficient (Wildman–Crippen LogP) is 7.93. The van der Waals surface area contributed by atoms with E-state index in [1.807, 2.05) is 12.1 Å². The fraction of sp³-hybridized carbons (Fsp3) is 0.778. The Balaban J connectivity index is 2.67. The van der Waals surface area contributed by atoms with Gasteiger partial charge in [0, 0.05) is 0 Å². The van der Waals surface area contributed by atoms with Crippen LogP contribution >= 0.6 is 0 Å². The van der Waals surface area contributed by atoms with Crippen LogP contribution in [0.2, 0.25) is 0 Å². The van der Waals surface area contributed by atoms with Gasteiger partial charge < -0.3 is 4.74 Å². The first kappa shape index (κ1) is 29.0. The SMILES string of the molecule is CCCCCCCCCc1cccc(OCC(C)S(=O)(=O)O)c1CCCCCCCCC. The summed E-state index contributed by atoms with van der Waals surface area (Å²) in [4.78, 5) is 0. The summed E-state index contributed by atoms with van der Waals surface area (Å²) < 4.78 is 37.9. The number of hydrogen-bond acceptors (Lipinski definition) is 3. The molecular formula is C27H48O4S. The van der Waals surface area contributed by atoms with Gasteiger partial charge in [0.2, 0.25) is 0 Å². The Bertz CT molecular complexity index is 700. The second kappa shape index (κ2) is 17.4. The third-order valence-corrected chi connectivity index (χ3v) is 7.45.